The Kier molecular flexibility index (Phi) is 7.17. The van der Waals surface area contributed by atoms with Crippen LogP contribution in [0.4, 0.5) is 0 Å². The summed E-state index contributed by atoms with van der Waals surface area (Å²) >= 11 is 0. The third-order valence-electron chi connectivity index (χ3n) is 7.03. The molecule has 4 unspecified atom stereocenters. The topological polar surface area (TPSA) is 153 Å². The van der Waals surface area contributed by atoms with Crippen molar-refractivity contribution >= 4 is 17.3 Å². The highest BCUT2D eigenvalue weighted by molar-refractivity contribution is 6.20. The Labute approximate surface area is 189 Å². The molecule has 2 aliphatic carbocycles. The number of allylic oxidation sites excluding steroid dienone is 1. The van der Waals surface area contributed by atoms with E-state index in [1.807, 2.05) is 6.07 Å². The number of fused-ring (bicyclic) bond motifs is 1. The molecule has 1 aliphatic heterocycles. The maximum absolute atomic E-state index is 12.9. The molecule has 4 atom stereocenters. The second kappa shape index (κ2) is 9.52. The van der Waals surface area contributed by atoms with E-state index < -0.39 is 17.5 Å². The number of phenolic OH excluding ortho intramolecular Hbond substituents is 1. The summed E-state index contributed by atoms with van der Waals surface area (Å²) in [5.74, 6) is -2.32. The number of hydrogen-bond donors (Lipinski definition) is 3. The van der Waals surface area contributed by atoms with Crippen molar-refractivity contribution in [2.45, 2.75) is 44.9 Å². The number of Topliss-reactive ketones (excluding diaryl/α,β-unsaturated/α-hetero) is 3. The highest BCUT2D eigenvalue weighted by Gasteiger charge is 2.40. The van der Waals surface area contributed by atoms with E-state index in [1.54, 1.807) is 6.07 Å². The average molecular weight is 451 g/mol. The van der Waals surface area contributed by atoms with Gasteiger partial charge in [-0.05, 0) is 55.2 Å². The Balaban J connectivity index is 0.00000193. The average Bonchev–Trinajstić information content (AvgIpc) is 3.22. The lowest BCUT2D eigenvalue weighted by atomic mass is 9.69. The van der Waals surface area contributed by atoms with Gasteiger partial charge in [0.1, 0.15) is 11.5 Å². The minimum atomic E-state index is -0.694. The molecular weight excluding hydrogens is 416 g/mol. The number of benzene rings is 1. The predicted molar refractivity (Wildman–Crippen MR) is 119 cm³/mol. The lowest BCUT2D eigenvalue weighted by Gasteiger charge is -2.35. The maximum atomic E-state index is 12.9. The second-order valence-electron chi connectivity index (χ2n) is 9.01. The lowest BCUT2D eigenvalue weighted by Crippen LogP contribution is -2.35. The van der Waals surface area contributed by atoms with Gasteiger partial charge >= 0.3 is 0 Å². The number of rotatable bonds is 5. The van der Waals surface area contributed by atoms with E-state index in [1.165, 1.54) is 6.92 Å². The van der Waals surface area contributed by atoms with Crippen molar-refractivity contribution in [2.75, 3.05) is 19.8 Å². The zero-order chi connectivity index (χ0) is 22.3. The number of ketones is 3. The molecule has 4 rings (SSSR count). The van der Waals surface area contributed by atoms with Gasteiger partial charge in [0, 0.05) is 34.1 Å². The van der Waals surface area contributed by atoms with Gasteiger partial charge in [-0.1, -0.05) is 6.07 Å². The summed E-state index contributed by atoms with van der Waals surface area (Å²) in [5.41, 5.74) is 2.06. The number of carbonyl (C=O) groups excluding carboxylic acids is 3. The van der Waals surface area contributed by atoms with Crippen LogP contribution in [0.5, 0.6) is 5.75 Å². The fourth-order valence-electron chi connectivity index (χ4n) is 5.56. The first-order valence-corrected chi connectivity index (χ1v) is 10.9. The van der Waals surface area contributed by atoms with Crippen molar-refractivity contribution < 1.29 is 42.8 Å². The van der Waals surface area contributed by atoms with Gasteiger partial charge in [0.2, 0.25) is 0 Å². The highest BCUT2D eigenvalue weighted by atomic mass is 16.5. The standard InChI is InChI=1S/C24H28O7.H2O.2H2/c1-12(26)22-21(29)9-15(18(10-25)24(22)30)6-13-7-17-16(14-4-5-31-11-14)2-3-19(27)23(17)20(28)8-13;;;/h2-3,13-15,18,25,27,30H,4-11H2,1H3;1H2;2*1H. The highest BCUT2D eigenvalue weighted by Crippen LogP contribution is 2.43. The SMILES string of the molecule is CC(=O)C1=C(O)C(CO)C(CC2CC(=O)c3c(O)ccc(C4CCOC4)c3C2)CC1=O.O.[HH].[HH]. The molecule has 1 aromatic carbocycles. The molecule has 8 heteroatoms. The van der Waals surface area contributed by atoms with Crippen LogP contribution in [-0.2, 0) is 20.7 Å². The monoisotopic (exact) mass is 450 g/mol. The Morgan fingerprint density at radius 2 is 1.91 bits per heavy atom. The normalized spacial score (nSPS) is 27.8. The smallest absolute Gasteiger partial charge is 0.170 e. The number of hydrogen-bond acceptors (Lipinski definition) is 7. The predicted octanol–water partition coefficient (Wildman–Crippen LogP) is 2.30. The number of ether oxygens (including phenoxy) is 1. The Hall–Kier alpha value is -2.55. The van der Waals surface area contributed by atoms with Crippen LogP contribution in [0.15, 0.2) is 23.5 Å². The van der Waals surface area contributed by atoms with Crippen LogP contribution in [0.2, 0.25) is 0 Å². The van der Waals surface area contributed by atoms with Crippen molar-refractivity contribution in [2.24, 2.45) is 17.8 Å². The maximum Gasteiger partial charge on any atom is 0.170 e. The molecule has 0 spiro atoms. The summed E-state index contributed by atoms with van der Waals surface area (Å²) in [4.78, 5) is 37.2. The number of aliphatic hydroxyl groups excluding tert-OH is 2. The molecule has 1 saturated heterocycles. The molecule has 0 amide bonds. The minimum Gasteiger partial charge on any atom is -0.511 e. The van der Waals surface area contributed by atoms with Gasteiger partial charge < -0.3 is 25.5 Å². The van der Waals surface area contributed by atoms with Crippen molar-refractivity contribution in [1.29, 1.82) is 0 Å². The summed E-state index contributed by atoms with van der Waals surface area (Å²) < 4.78 is 5.52. The van der Waals surface area contributed by atoms with E-state index in [0.717, 1.165) is 17.5 Å². The minimum absolute atomic E-state index is 0. The van der Waals surface area contributed by atoms with E-state index in [9.17, 15) is 29.7 Å². The number of phenols is 1. The number of aliphatic hydroxyl groups is 2. The van der Waals surface area contributed by atoms with Crippen LogP contribution in [0.3, 0.4) is 0 Å². The summed E-state index contributed by atoms with van der Waals surface area (Å²) in [7, 11) is 0. The van der Waals surface area contributed by atoms with E-state index in [-0.39, 0.29) is 68.4 Å². The van der Waals surface area contributed by atoms with Crippen LogP contribution < -0.4 is 0 Å². The Morgan fingerprint density at radius 1 is 1.16 bits per heavy atom. The van der Waals surface area contributed by atoms with E-state index in [0.29, 0.717) is 31.6 Å². The molecule has 32 heavy (non-hydrogen) atoms. The summed E-state index contributed by atoms with van der Waals surface area (Å²) in [6.45, 7) is 2.12. The largest absolute Gasteiger partial charge is 0.511 e. The third kappa shape index (κ3) is 4.22. The molecule has 3 aliphatic rings. The van der Waals surface area contributed by atoms with Crippen LogP contribution in [-0.4, -0.2) is 58.0 Å². The second-order valence-corrected chi connectivity index (χ2v) is 9.01. The molecule has 0 radical (unpaired) electrons. The zero-order valence-electron chi connectivity index (χ0n) is 18.1. The van der Waals surface area contributed by atoms with Gasteiger partial charge in [-0.25, -0.2) is 0 Å². The van der Waals surface area contributed by atoms with E-state index >= 15 is 0 Å². The molecule has 0 aromatic heterocycles. The van der Waals surface area contributed by atoms with Gasteiger partial charge in [0.15, 0.2) is 17.3 Å². The number of aromatic hydroxyl groups is 1. The summed E-state index contributed by atoms with van der Waals surface area (Å²) in [6, 6.07) is 3.45. The molecule has 1 heterocycles. The van der Waals surface area contributed by atoms with Crippen LogP contribution >= 0.6 is 0 Å². The molecule has 8 nitrogen and oxygen atoms in total. The lowest BCUT2D eigenvalue weighted by molar-refractivity contribution is -0.123. The molecule has 0 bridgehead atoms. The first-order chi connectivity index (χ1) is 14.8. The fourth-order valence-corrected chi connectivity index (χ4v) is 5.56. The van der Waals surface area contributed by atoms with Gasteiger partial charge in [0.25, 0.3) is 0 Å². The zero-order valence-corrected chi connectivity index (χ0v) is 18.1. The number of carbonyl (C=O) groups is 3. The molecule has 1 fully saturated rings. The van der Waals surface area contributed by atoms with Crippen LogP contribution in [0, 0.1) is 17.8 Å². The van der Waals surface area contributed by atoms with Gasteiger partial charge in [-0.3, -0.25) is 14.4 Å². The molecule has 0 saturated carbocycles. The van der Waals surface area contributed by atoms with Crippen molar-refractivity contribution in [3.8, 4) is 5.75 Å². The molecule has 5 N–H and O–H groups in total. The van der Waals surface area contributed by atoms with Gasteiger partial charge in [0.05, 0.1) is 24.4 Å². The van der Waals surface area contributed by atoms with Crippen molar-refractivity contribution in [1.82, 2.24) is 0 Å². The van der Waals surface area contributed by atoms with E-state index in [4.69, 9.17) is 4.74 Å². The first kappa shape index (κ1) is 24.1. The van der Waals surface area contributed by atoms with Gasteiger partial charge in [-0.2, -0.15) is 0 Å². The molecular formula is C24H34O8. The van der Waals surface area contributed by atoms with Gasteiger partial charge in [-0.15, -0.1) is 0 Å². The Bertz CT molecular complexity index is 968. The van der Waals surface area contributed by atoms with Crippen molar-refractivity contribution in [3.63, 3.8) is 0 Å². The Morgan fingerprint density at radius 3 is 2.53 bits per heavy atom. The first-order valence-electron chi connectivity index (χ1n) is 10.9. The van der Waals surface area contributed by atoms with Crippen LogP contribution in [0.25, 0.3) is 0 Å². The fraction of sp³-hybridized carbons (Fsp3) is 0.542. The quantitative estimate of drug-likeness (QED) is 0.582. The van der Waals surface area contributed by atoms with Crippen molar-refractivity contribution in [3.05, 3.63) is 40.2 Å². The summed E-state index contributed by atoms with van der Waals surface area (Å²) in [5, 5.41) is 30.6. The molecule has 1 aromatic rings. The third-order valence-corrected chi connectivity index (χ3v) is 7.03. The van der Waals surface area contributed by atoms with Crippen LogP contribution in [0.1, 0.15) is 62.9 Å². The molecule has 178 valence electrons. The van der Waals surface area contributed by atoms with E-state index in [2.05, 4.69) is 0 Å². The summed E-state index contributed by atoms with van der Waals surface area (Å²) in [6.07, 6.45) is 2.21.